The number of hydrogen-bond donors (Lipinski definition) is 1. The molecule has 3 aromatic rings. The van der Waals surface area contributed by atoms with Crippen molar-refractivity contribution in [3.05, 3.63) is 93.8 Å². The summed E-state index contributed by atoms with van der Waals surface area (Å²) in [7, 11) is 0. The number of nitrogens with zero attached hydrogens (tertiary/aromatic N) is 1. The molecule has 0 amide bonds. The summed E-state index contributed by atoms with van der Waals surface area (Å²) in [4.78, 5) is 15.4. The van der Waals surface area contributed by atoms with E-state index in [1.807, 2.05) is 13.0 Å². The smallest absolute Gasteiger partial charge is 0.416 e. The van der Waals surface area contributed by atoms with Crippen molar-refractivity contribution in [2.24, 2.45) is 0 Å². The van der Waals surface area contributed by atoms with Gasteiger partial charge < -0.3 is 9.84 Å². The zero-order valence-electron chi connectivity index (χ0n) is 18.5. The highest BCUT2D eigenvalue weighted by Gasteiger charge is 2.33. The number of pyridine rings is 1. The summed E-state index contributed by atoms with van der Waals surface area (Å²) in [6.07, 6.45) is -3.15. The number of aromatic carboxylic acids is 1. The van der Waals surface area contributed by atoms with Gasteiger partial charge in [0.05, 0.1) is 11.3 Å². The Balaban J connectivity index is 1.77. The monoisotopic (exact) mass is 489 g/mol. The van der Waals surface area contributed by atoms with Crippen molar-refractivity contribution in [2.75, 3.05) is 0 Å². The summed E-state index contributed by atoms with van der Waals surface area (Å²) >= 11 is 0. The van der Waals surface area contributed by atoms with E-state index in [1.165, 1.54) is 6.07 Å². The predicted octanol–water partition coefficient (Wildman–Crippen LogP) is 7.06. The second kappa shape index (κ2) is 9.48. The third-order valence-electron chi connectivity index (χ3n) is 5.74. The number of carboxylic acid groups (broad SMARTS) is 1. The lowest BCUT2D eigenvalue weighted by atomic mass is 9.96. The standard InChI is InChI=1S/C26H20F5NO3/c1-14-5-8-24(35-13-15-6-7-20(27)21(28)10-15)19(9-14)17-3-2-4-18(17)22-11-16(26(29,30)31)12-23(32-22)25(33)34/h5-12H,2-4,13H2,1H3,(H,33,34). The highest BCUT2D eigenvalue weighted by atomic mass is 19.4. The molecule has 1 heterocycles. The number of rotatable bonds is 6. The van der Waals surface area contributed by atoms with Gasteiger partial charge in [-0.3, -0.25) is 0 Å². The Morgan fingerprint density at radius 3 is 2.43 bits per heavy atom. The maximum absolute atomic E-state index is 13.6. The van der Waals surface area contributed by atoms with Gasteiger partial charge in [-0.05, 0) is 79.3 Å². The van der Waals surface area contributed by atoms with Crippen LogP contribution in [0.5, 0.6) is 5.75 Å². The van der Waals surface area contributed by atoms with Gasteiger partial charge in [0.1, 0.15) is 18.1 Å². The van der Waals surface area contributed by atoms with Crippen molar-refractivity contribution in [3.8, 4) is 5.75 Å². The van der Waals surface area contributed by atoms with Crippen molar-refractivity contribution >= 4 is 17.1 Å². The number of benzene rings is 2. The number of carbonyl (C=O) groups is 1. The van der Waals surface area contributed by atoms with Crippen molar-refractivity contribution in [2.45, 2.75) is 39.0 Å². The van der Waals surface area contributed by atoms with Gasteiger partial charge in [-0.15, -0.1) is 0 Å². The third-order valence-corrected chi connectivity index (χ3v) is 5.74. The Labute approximate surface area is 197 Å². The number of hydrogen-bond acceptors (Lipinski definition) is 3. The van der Waals surface area contributed by atoms with Gasteiger partial charge in [-0.2, -0.15) is 13.2 Å². The molecular weight excluding hydrogens is 469 g/mol. The van der Waals surface area contributed by atoms with Crippen molar-refractivity contribution in [3.63, 3.8) is 0 Å². The Bertz CT molecular complexity index is 1330. The lowest BCUT2D eigenvalue weighted by Crippen LogP contribution is -2.11. The van der Waals surface area contributed by atoms with E-state index in [0.29, 0.717) is 53.4 Å². The minimum absolute atomic E-state index is 0.0437. The molecule has 0 saturated carbocycles. The number of halogens is 5. The van der Waals surface area contributed by atoms with Crippen molar-refractivity contribution in [1.29, 1.82) is 0 Å². The van der Waals surface area contributed by atoms with Crippen LogP contribution in [0.4, 0.5) is 22.0 Å². The van der Waals surface area contributed by atoms with E-state index in [2.05, 4.69) is 4.98 Å². The van der Waals surface area contributed by atoms with Crippen LogP contribution in [0.15, 0.2) is 48.5 Å². The Morgan fingerprint density at radius 1 is 1.00 bits per heavy atom. The number of aromatic nitrogens is 1. The molecule has 9 heteroatoms. The van der Waals surface area contributed by atoms with Gasteiger partial charge in [0.2, 0.25) is 0 Å². The van der Waals surface area contributed by atoms with E-state index in [-0.39, 0.29) is 12.3 Å². The maximum Gasteiger partial charge on any atom is 0.416 e. The molecule has 0 aliphatic heterocycles. The molecule has 4 nitrogen and oxygen atoms in total. The lowest BCUT2D eigenvalue weighted by Gasteiger charge is -2.16. The van der Waals surface area contributed by atoms with Crippen LogP contribution in [0.3, 0.4) is 0 Å². The molecule has 1 aromatic heterocycles. The largest absolute Gasteiger partial charge is 0.488 e. The van der Waals surface area contributed by atoms with E-state index in [1.54, 1.807) is 12.1 Å². The molecule has 0 unspecified atom stereocenters. The summed E-state index contributed by atoms with van der Waals surface area (Å²) in [6.45, 7) is 1.80. The average molecular weight is 489 g/mol. The topological polar surface area (TPSA) is 59.4 Å². The van der Waals surface area contributed by atoms with Crippen LogP contribution in [0.1, 0.15) is 57.7 Å². The first-order valence-corrected chi connectivity index (χ1v) is 10.8. The molecule has 182 valence electrons. The zero-order valence-corrected chi connectivity index (χ0v) is 18.5. The molecule has 35 heavy (non-hydrogen) atoms. The SMILES string of the molecule is Cc1ccc(OCc2ccc(F)c(F)c2)c(C2=C(c3cc(C(F)(F)F)cc(C(=O)O)n3)CCC2)c1. The van der Waals surface area contributed by atoms with E-state index >= 15 is 0 Å². The van der Waals surface area contributed by atoms with E-state index in [0.717, 1.165) is 23.8 Å². The Kier molecular flexibility index (Phi) is 6.60. The van der Waals surface area contributed by atoms with Crippen LogP contribution in [0.25, 0.3) is 11.1 Å². The molecule has 0 fully saturated rings. The first-order valence-electron chi connectivity index (χ1n) is 10.8. The Hall–Kier alpha value is -3.75. The molecule has 0 saturated heterocycles. The van der Waals surface area contributed by atoms with Crippen LogP contribution >= 0.6 is 0 Å². The van der Waals surface area contributed by atoms with Gasteiger partial charge in [0, 0.05) is 5.56 Å². The fourth-order valence-electron chi connectivity index (χ4n) is 4.08. The van der Waals surface area contributed by atoms with Crippen molar-refractivity contribution < 1.29 is 36.6 Å². The number of alkyl halides is 3. The summed E-state index contributed by atoms with van der Waals surface area (Å²) in [6, 6.07) is 10.1. The molecule has 0 bridgehead atoms. The van der Waals surface area contributed by atoms with Gasteiger partial charge in [0.25, 0.3) is 0 Å². The first kappa shape index (κ1) is 24.4. The van der Waals surface area contributed by atoms with Gasteiger partial charge in [-0.25, -0.2) is 18.6 Å². The molecule has 1 aliphatic rings. The summed E-state index contributed by atoms with van der Waals surface area (Å²) in [5.41, 5.74) is 1.32. The highest BCUT2D eigenvalue weighted by Crippen LogP contribution is 2.44. The minimum Gasteiger partial charge on any atom is -0.488 e. The van der Waals surface area contributed by atoms with E-state index in [4.69, 9.17) is 4.74 Å². The summed E-state index contributed by atoms with van der Waals surface area (Å²) < 4.78 is 73.0. The lowest BCUT2D eigenvalue weighted by molar-refractivity contribution is -0.137. The van der Waals surface area contributed by atoms with Gasteiger partial charge >= 0.3 is 12.1 Å². The van der Waals surface area contributed by atoms with Crippen LogP contribution < -0.4 is 4.74 Å². The highest BCUT2D eigenvalue weighted by molar-refractivity contribution is 5.94. The van der Waals surface area contributed by atoms with E-state index < -0.39 is 35.0 Å². The maximum atomic E-state index is 13.6. The number of carboxylic acids is 1. The van der Waals surface area contributed by atoms with Crippen LogP contribution in [0, 0.1) is 18.6 Å². The normalized spacial score (nSPS) is 13.9. The molecule has 0 atom stereocenters. The van der Waals surface area contributed by atoms with E-state index in [9.17, 15) is 31.9 Å². The molecule has 0 radical (unpaired) electrons. The second-order valence-electron chi connectivity index (χ2n) is 8.28. The Morgan fingerprint density at radius 2 is 1.74 bits per heavy atom. The average Bonchev–Trinajstić information content (AvgIpc) is 3.29. The zero-order chi connectivity index (χ0) is 25.3. The first-order chi connectivity index (χ1) is 16.5. The minimum atomic E-state index is -4.73. The third kappa shape index (κ3) is 5.34. The molecule has 2 aromatic carbocycles. The van der Waals surface area contributed by atoms with Crippen molar-refractivity contribution in [1.82, 2.24) is 4.98 Å². The van der Waals surface area contributed by atoms with Gasteiger partial charge in [-0.1, -0.05) is 17.7 Å². The predicted molar refractivity (Wildman–Crippen MR) is 119 cm³/mol. The summed E-state index contributed by atoms with van der Waals surface area (Å²) in [5.74, 6) is -3.11. The summed E-state index contributed by atoms with van der Waals surface area (Å²) in [5, 5.41) is 9.30. The molecule has 4 rings (SSSR count). The van der Waals surface area contributed by atoms with Crippen LogP contribution in [-0.2, 0) is 12.8 Å². The molecule has 1 aliphatic carbocycles. The fourth-order valence-corrected chi connectivity index (χ4v) is 4.08. The molecule has 0 spiro atoms. The second-order valence-corrected chi connectivity index (χ2v) is 8.28. The van der Waals surface area contributed by atoms with Crippen LogP contribution in [-0.4, -0.2) is 16.1 Å². The van der Waals surface area contributed by atoms with Crippen LogP contribution in [0.2, 0.25) is 0 Å². The fraction of sp³-hybridized carbons (Fsp3) is 0.231. The number of aryl methyl sites for hydroxylation is 1. The number of allylic oxidation sites excluding steroid dienone is 2. The quantitative estimate of drug-likeness (QED) is 0.377. The molecular formula is C26H20F5NO3. The molecule has 1 N–H and O–H groups in total. The number of ether oxygens (including phenoxy) is 1. The van der Waals surface area contributed by atoms with Gasteiger partial charge in [0.15, 0.2) is 11.6 Å².